The summed E-state index contributed by atoms with van der Waals surface area (Å²) < 4.78 is 38.3. The lowest BCUT2D eigenvalue weighted by Crippen LogP contribution is -2.50. The van der Waals surface area contributed by atoms with Gasteiger partial charge >= 0.3 is 0 Å². The molecule has 0 aliphatic carbocycles. The molecule has 9 nitrogen and oxygen atoms in total. The first kappa shape index (κ1) is 23.7. The van der Waals surface area contributed by atoms with Gasteiger partial charge in [-0.1, -0.05) is 0 Å². The van der Waals surface area contributed by atoms with Gasteiger partial charge in [-0.2, -0.15) is 4.31 Å². The van der Waals surface area contributed by atoms with Crippen LogP contribution in [0.25, 0.3) is 0 Å². The monoisotopic (exact) mass is 493 g/mol. The van der Waals surface area contributed by atoms with Gasteiger partial charge in [-0.05, 0) is 37.3 Å². The van der Waals surface area contributed by atoms with Gasteiger partial charge in [0.15, 0.2) is 0 Å². The van der Waals surface area contributed by atoms with Gasteiger partial charge < -0.3 is 19.3 Å². The molecule has 0 atom stereocenters. The highest BCUT2D eigenvalue weighted by Crippen LogP contribution is 2.29. The Balaban J connectivity index is 1.48. The minimum absolute atomic E-state index is 0.0245. The van der Waals surface area contributed by atoms with Gasteiger partial charge in [0.05, 0.1) is 25.2 Å². The zero-order valence-electron chi connectivity index (χ0n) is 18.7. The first-order valence-corrected chi connectivity index (χ1v) is 13.0. The third kappa shape index (κ3) is 4.91. The number of carbonyl (C=O) groups excluding carboxylic acids is 2. The standard InChI is InChI=1S/C22H27N3O6S2/c1-16-3-6-19(32-16)22(27)24-9-7-23(8-10-24)21(26)17-4-5-18(30-2)20(15-17)33(28,29)25-11-13-31-14-12-25/h3-6,15H,7-14H2,1-2H3. The predicted octanol–water partition coefficient (Wildman–Crippen LogP) is 1.68. The molecule has 2 aliphatic heterocycles. The number of methoxy groups -OCH3 is 1. The van der Waals surface area contributed by atoms with E-state index < -0.39 is 10.0 Å². The number of morpholine rings is 1. The highest BCUT2D eigenvalue weighted by Gasteiger charge is 2.31. The number of ether oxygens (including phenoxy) is 2. The summed E-state index contributed by atoms with van der Waals surface area (Å²) in [6.07, 6.45) is 0. The normalized spacial score (nSPS) is 17.8. The average Bonchev–Trinajstić information content (AvgIpc) is 3.29. The van der Waals surface area contributed by atoms with Gasteiger partial charge in [0.2, 0.25) is 10.0 Å². The van der Waals surface area contributed by atoms with E-state index in [9.17, 15) is 18.0 Å². The second kappa shape index (κ2) is 9.80. The summed E-state index contributed by atoms with van der Waals surface area (Å²) in [5.74, 6) is -0.0987. The molecule has 2 aromatic rings. The Morgan fingerprint density at radius 1 is 0.939 bits per heavy atom. The maximum absolute atomic E-state index is 13.2. The van der Waals surface area contributed by atoms with Gasteiger partial charge in [0.25, 0.3) is 11.8 Å². The lowest BCUT2D eigenvalue weighted by Gasteiger charge is -2.34. The van der Waals surface area contributed by atoms with Gasteiger partial charge in [-0.15, -0.1) is 11.3 Å². The second-order valence-electron chi connectivity index (χ2n) is 7.88. The van der Waals surface area contributed by atoms with E-state index in [2.05, 4.69) is 0 Å². The molecular formula is C22H27N3O6S2. The molecule has 0 radical (unpaired) electrons. The van der Waals surface area contributed by atoms with Crippen LogP contribution in [0.3, 0.4) is 0 Å². The Morgan fingerprint density at radius 3 is 2.15 bits per heavy atom. The van der Waals surface area contributed by atoms with Crippen LogP contribution >= 0.6 is 11.3 Å². The molecule has 0 spiro atoms. The molecule has 0 saturated carbocycles. The fourth-order valence-electron chi connectivity index (χ4n) is 3.94. The van der Waals surface area contributed by atoms with Crippen molar-refractivity contribution in [1.82, 2.24) is 14.1 Å². The molecule has 2 amide bonds. The van der Waals surface area contributed by atoms with Crippen LogP contribution in [0.2, 0.25) is 0 Å². The van der Waals surface area contributed by atoms with Crippen LogP contribution in [0, 0.1) is 6.92 Å². The third-order valence-corrected chi connectivity index (χ3v) is 8.71. The van der Waals surface area contributed by atoms with Crippen molar-refractivity contribution >= 4 is 33.2 Å². The van der Waals surface area contributed by atoms with E-state index in [1.165, 1.54) is 34.9 Å². The molecule has 1 aromatic heterocycles. The highest BCUT2D eigenvalue weighted by atomic mass is 32.2. The molecular weight excluding hydrogens is 466 g/mol. The summed E-state index contributed by atoms with van der Waals surface area (Å²) in [4.78, 5) is 31.0. The summed E-state index contributed by atoms with van der Waals surface area (Å²) in [6.45, 7) is 4.74. The molecule has 4 rings (SSSR count). The van der Waals surface area contributed by atoms with Crippen molar-refractivity contribution in [3.63, 3.8) is 0 Å². The lowest BCUT2D eigenvalue weighted by molar-refractivity contribution is 0.0538. The number of benzene rings is 1. The Morgan fingerprint density at radius 2 is 1.58 bits per heavy atom. The number of rotatable bonds is 5. The van der Waals surface area contributed by atoms with Crippen LogP contribution in [-0.4, -0.2) is 93.9 Å². The number of amides is 2. The van der Waals surface area contributed by atoms with Crippen molar-refractivity contribution in [2.24, 2.45) is 0 Å². The van der Waals surface area contributed by atoms with Crippen LogP contribution in [0.5, 0.6) is 5.75 Å². The van der Waals surface area contributed by atoms with Gasteiger partial charge in [0.1, 0.15) is 10.6 Å². The average molecular weight is 494 g/mol. The van der Waals surface area contributed by atoms with Crippen molar-refractivity contribution in [1.29, 1.82) is 0 Å². The molecule has 3 heterocycles. The number of nitrogens with zero attached hydrogens (tertiary/aromatic N) is 3. The molecule has 0 N–H and O–H groups in total. The molecule has 0 unspecified atom stereocenters. The number of hydrogen-bond donors (Lipinski definition) is 0. The van der Waals surface area contributed by atoms with E-state index in [1.54, 1.807) is 15.9 Å². The zero-order chi connectivity index (χ0) is 23.6. The van der Waals surface area contributed by atoms with Crippen molar-refractivity contribution in [3.05, 3.63) is 45.6 Å². The number of sulfonamides is 1. The van der Waals surface area contributed by atoms with Crippen molar-refractivity contribution < 1.29 is 27.5 Å². The quantitative estimate of drug-likeness (QED) is 0.629. The van der Waals surface area contributed by atoms with E-state index in [0.29, 0.717) is 44.3 Å². The van der Waals surface area contributed by atoms with E-state index >= 15 is 0 Å². The number of piperazine rings is 1. The van der Waals surface area contributed by atoms with Crippen molar-refractivity contribution in [3.8, 4) is 5.75 Å². The summed E-state index contributed by atoms with van der Waals surface area (Å²) >= 11 is 1.46. The minimum Gasteiger partial charge on any atom is -0.495 e. The van der Waals surface area contributed by atoms with Crippen molar-refractivity contribution in [2.45, 2.75) is 11.8 Å². The first-order valence-electron chi connectivity index (χ1n) is 10.7. The summed E-state index contributed by atoms with van der Waals surface area (Å²) in [5, 5.41) is 0. The van der Waals surface area contributed by atoms with Gasteiger partial charge in [0, 0.05) is 49.7 Å². The van der Waals surface area contributed by atoms with E-state index in [4.69, 9.17) is 9.47 Å². The maximum Gasteiger partial charge on any atom is 0.264 e. The Bertz CT molecular complexity index is 1130. The highest BCUT2D eigenvalue weighted by molar-refractivity contribution is 7.89. The summed E-state index contributed by atoms with van der Waals surface area (Å²) in [6, 6.07) is 8.22. The zero-order valence-corrected chi connectivity index (χ0v) is 20.3. The van der Waals surface area contributed by atoms with Crippen LogP contribution in [-0.2, 0) is 14.8 Å². The second-order valence-corrected chi connectivity index (χ2v) is 11.1. The topological polar surface area (TPSA) is 96.5 Å². The number of carbonyl (C=O) groups is 2. The van der Waals surface area contributed by atoms with Crippen molar-refractivity contribution in [2.75, 3.05) is 59.6 Å². The van der Waals surface area contributed by atoms with E-state index in [-0.39, 0.29) is 41.1 Å². The van der Waals surface area contributed by atoms with Gasteiger partial charge in [-0.25, -0.2) is 8.42 Å². The molecule has 11 heteroatoms. The molecule has 2 fully saturated rings. The fourth-order valence-corrected chi connectivity index (χ4v) is 6.36. The van der Waals surface area contributed by atoms with Crippen LogP contribution < -0.4 is 4.74 Å². The number of thiophene rings is 1. The Labute approximate surface area is 197 Å². The van der Waals surface area contributed by atoms with E-state index in [1.807, 2.05) is 19.1 Å². The SMILES string of the molecule is COc1ccc(C(=O)N2CCN(C(=O)c3ccc(C)s3)CC2)cc1S(=O)(=O)N1CCOCC1. The first-order chi connectivity index (χ1) is 15.8. The Hall–Kier alpha value is -2.47. The molecule has 0 bridgehead atoms. The van der Waals surface area contributed by atoms with Crippen LogP contribution in [0.4, 0.5) is 0 Å². The largest absolute Gasteiger partial charge is 0.495 e. The molecule has 2 saturated heterocycles. The van der Waals surface area contributed by atoms with Crippen LogP contribution in [0.1, 0.15) is 24.9 Å². The lowest BCUT2D eigenvalue weighted by atomic mass is 10.1. The summed E-state index contributed by atoms with van der Waals surface area (Å²) in [5.41, 5.74) is 0.274. The molecule has 178 valence electrons. The minimum atomic E-state index is -3.83. The number of aryl methyl sites for hydroxylation is 1. The smallest absolute Gasteiger partial charge is 0.264 e. The maximum atomic E-state index is 13.2. The molecule has 33 heavy (non-hydrogen) atoms. The Kier molecular flexibility index (Phi) is 7.03. The van der Waals surface area contributed by atoms with E-state index in [0.717, 1.165) is 4.88 Å². The fraction of sp³-hybridized carbons (Fsp3) is 0.455. The van der Waals surface area contributed by atoms with Crippen LogP contribution in [0.15, 0.2) is 35.2 Å². The summed E-state index contributed by atoms with van der Waals surface area (Å²) in [7, 11) is -2.43. The molecule has 2 aliphatic rings. The predicted molar refractivity (Wildman–Crippen MR) is 123 cm³/mol. The van der Waals surface area contributed by atoms with Gasteiger partial charge in [-0.3, -0.25) is 9.59 Å². The third-order valence-electron chi connectivity index (χ3n) is 5.80. The molecule has 1 aromatic carbocycles. The number of hydrogen-bond acceptors (Lipinski definition) is 7.